The minimum atomic E-state index is -0.526. The van der Waals surface area contributed by atoms with Crippen molar-refractivity contribution in [1.29, 1.82) is 5.26 Å². The molecular formula is C23H29N3O3. The Morgan fingerprint density at radius 3 is 2.24 bits per heavy atom. The standard InChI is InChI=1S/C23H29N3O3/c24-11-10-20-6-8-23(9-7-20)29-19-21(27)18-26-14-12-25(13-15-26)16-17-28-22-4-2-1-3-5-22/h1-9,21,27H,10,12-19H2/t21-/m0/s1. The third-order valence-corrected chi connectivity index (χ3v) is 5.00. The molecule has 0 aliphatic carbocycles. The largest absolute Gasteiger partial charge is 0.492 e. The molecule has 2 aromatic carbocycles. The first-order valence-electron chi connectivity index (χ1n) is 10.1. The third kappa shape index (κ3) is 7.39. The lowest BCUT2D eigenvalue weighted by Gasteiger charge is -2.35. The third-order valence-electron chi connectivity index (χ3n) is 5.00. The van der Waals surface area contributed by atoms with Crippen LogP contribution in [0.4, 0.5) is 0 Å². The molecule has 0 amide bonds. The van der Waals surface area contributed by atoms with Gasteiger partial charge in [-0.25, -0.2) is 0 Å². The summed E-state index contributed by atoms with van der Waals surface area (Å²) in [5, 5.41) is 19.0. The molecule has 0 spiro atoms. The Kier molecular flexibility index (Phi) is 8.32. The van der Waals surface area contributed by atoms with E-state index in [2.05, 4.69) is 15.9 Å². The van der Waals surface area contributed by atoms with Crippen molar-refractivity contribution >= 4 is 0 Å². The van der Waals surface area contributed by atoms with Gasteiger partial charge in [0, 0.05) is 39.3 Å². The van der Waals surface area contributed by atoms with Crippen molar-refractivity contribution < 1.29 is 14.6 Å². The number of para-hydroxylation sites is 1. The van der Waals surface area contributed by atoms with E-state index in [0.29, 0.717) is 25.3 Å². The molecule has 1 fully saturated rings. The van der Waals surface area contributed by atoms with Gasteiger partial charge in [-0.05, 0) is 29.8 Å². The molecule has 0 saturated carbocycles. The summed E-state index contributed by atoms with van der Waals surface area (Å²) in [6.07, 6.45) is -0.130. The second-order valence-corrected chi connectivity index (χ2v) is 7.25. The molecule has 1 atom stereocenters. The van der Waals surface area contributed by atoms with Gasteiger partial charge in [0.25, 0.3) is 0 Å². The SMILES string of the molecule is N#CCc1ccc(OC[C@@H](O)CN2CCN(CCOc3ccccc3)CC2)cc1. The second kappa shape index (κ2) is 11.4. The maximum Gasteiger partial charge on any atom is 0.119 e. The van der Waals surface area contributed by atoms with Crippen molar-refractivity contribution in [1.82, 2.24) is 9.80 Å². The van der Waals surface area contributed by atoms with Gasteiger partial charge in [0.05, 0.1) is 12.5 Å². The normalized spacial score (nSPS) is 16.1. The molecule has 154 valence electrons. The zero-order valence-corrected chi connectivity index (χ0v) is 16.7. The van der Waals surface area contributed by atoms with Gasteiger partial charge in [0.15, 0.2) is 0 Å². The number of nitriles is 1. The number of ether oxygens (including phenoxy) is 2. The summed E-state index contributed by atoms with van der Waals surface area (Å²) < 4.78 is 11.4. The number of aliphatic hydroxyl groups excluding tert-OH is 1. The zero-order valence-electron chi connectivity index (χ0n) is 16.7. The Morgan fingerprint density at radius 1 is 0.897 bits per heavy atom. The van der Waals surface area contributed by atoms with Gasteiger partial charge < -0.3 is 14.6 Å². The molecule has 1 heterocycles. The summed E-state index contributed by atoms with van der Waals surface area (Å²) in [6, 6.07) is 19.5. The van der Waals surface area contributed by atoms with Crippen LogP contribution in [0.3, 0.4) is 0 Å². The van der Waals surface area contributed by atoms with E-state index < -0.39 is 6.10 Å². The first-order chi connectivity index (χ1) is 14.2. The van der Waals surface area contributed by atoms with E-state index in [1.807, 2.05) is 54.6 Å². The fraction of sp³-hybridized carbons (Fsp3) is 0.435. The molecule has 0 bridgehead atoms. The Hall–Kier alpha value is -2.59. The number of β-amino-alcohol motifs (C(OH)–C–C–N with tert-alkyl or cyclic N) is 1. The number of aliphatic hydroxyl groups is 1. The Labute approximate surface area is 172 Å². The minimum Gasteiger partial charge on any atom is -0.492 e. The van der Waals surface area contributed by atoms with Crippen LogP contribution < -0.4 is 9.47 Å². The molecule has 6 heteroatoms. The molecular weight excluding hydrogens is 366 g/mol. The molecule has 29 heavy (non-hydrogen) atoms. The molecule has 2 aromatic rings. The van der Waals surface area contributed by atoms with Crippen LogP contribution in [0, 0.1) is 11.3 Å². The summed E-state index contributed by atoms with van der Waals surface area (Å²) in [4.78, 5) is 4.67. The number of hydrogen-bond acceptors (Lipinski definition) is 6. The number of benzene rings is 2. The molecule has 6 nitrogen and oxygen atoms in total. The van der Waals surface area contributed by atoms with Crippen LogP contribution in [0.15, 0.2) is 54.6 Å². The van der Waals surface area contributed by atoms with Gasteiger partial charge in [0.1, 0.15) is 30.8 Å². The van der Waals surface area contributed by atoms with Gasteiger partial charge in [-0.2, -0.15) is 5.26 Å². The van der Waals surface area contributed by atoms with Crippen molar-refractivity contribution in [2.75, 3.05) is 52.5 Å². The van der Waals surface area contributed by atoms with Gasteiger partial charge >= 0.3 is 0 Å². The topological polar surface area (TPSA) is 69.0 Å². The van der Waals surface area contributed by atoms with E-state index in [0.717, 1.165) is 44.0 Å². The van der Waals surface area contributed by atoms with E-state index >= 15 is 0 Å². The predicted octanol–water partition coefficient (Wildman–Crippen LogP) is 2.19. The molecule has 1 N–H and O–H groups in total. The number of nitrogens with zero attached hydrogens (tertiary/aromatic N) is 3. The van der Waals surface area contributed by atoms with E-state index in [-0.39, 0.29) is 6.61 Å². The number of hydrogen-bond donors (Lipinski definition) is 1. The number of rotatable bonds is 10. The van der Waals surface area contributed by atoms with Crippen LogP contribution in [-0.4, -0.2) is 73.5 Å². The highest BCUT2D eigenvalue weighted by atomic mass is 16.5. The zero-order chi connectivity index (χ0) is 20.3. The highest BCUT2D eigenvalue weighted by Gasteiger charge is 2.19. The molecule has 1 aliphatic heterocycles. The lowest BCUT2D eigenvalue weighted by molar-refractivity contribution is 0.0436. The summed E-state index contributed by atoms with van der Waals surface area (Å²) in [5.41, 5.74) is 0.965. The molecule has 3 rings (SSSR count). The average Bonchev–Trinajstić information content (AvgIpc) is 2.75. The fourth-order valence-electron chi connectivity index (χ4n) is 3.34. The van der Waals surface area contributed by atoms with E-state index in [1.165, 1.54) is 0 Å². The summed E-state index contributed by atoms with van der Waals surface area (Å²) >= 11 is 0. The van der Waals surface area contributed by atoms with Crippen molar-refractivity contribution in [3.8, 4) is 17.6 Å². The van der Waals surface area contributed by atoms with Crippen molar-refractivity contribution in [3.63, 3.8) is 0 Å². The lowest BCUT2D eigenvalue weighted by atomic mass is 10.2. The molecule has 1 aliphatic rings. The Balaban J connectivity index is 1.29. The van der Waals surface area contributed by atoms with Crippen molar-refractivity contribution in [2.45, 2.75) is 12.5 Å². The van der Waals surface area contributed by atoms with Gasteiger partial charge in [-0.15, -0.1) is 0 Å². The van der Waals surface area contributed by atoms with Crippen LogP contribution in [0.2, 0.25) is 0 Å². The van der Waals surface area contributed by atoms with Crippen LogP contribution >= 0.6 is 0 Å². The Bertz CT molecular complexity index is 753. The Morgan fingerprint density at radius 2 is 1.55 bits per heavy atom. The van der Waals surface area contributed by atoms with E-state index in [9.17, 15) is 5.11 Å². The van der Waals surface area contributed by atoms with Crippen molar-refractivity contribution in [3.05, 3.63) is 60.2 Å². The second-order valence-electron chi connectivity index (χ2n) is 7.25. The quantitative estimate of drug-likeness (QED) is 0.665. The van der Waals surface area contributed by atoms with Gasteiger partial charge in [-0.1, -0.05) is 30.3 Å². The van der Waals surface area contributed by atoms with Crippen LogP contribution in [0.1, 0.15) is 5.56 Å². The van der Waals surface area contributed by atoms with Crippen molar-refractivity contribution in [2.24, 2.45) is 0 Å². The van der Waals surface area contributed by atoms with Crippen LogP contribution in [-0.2, 0) is 6.42 Å². The molecule has 1 saturated heterocycles. The summed E-state index contributed by atoms with van der Waals surface area (Å²) in [5.74, 6) is 1.63. The molecule has 0 unspecified atom stereocenters. The van der Waals surface area contributed by atoms with Crippen LogP contribution in [0.25, 0.3) is 0 Å². The lowest BCUT2D eigenvalue weighted by Crippen LogP contribution is -2.50. The molecule has 0 aromatic heterocycles. The fourth-order valence-corrected chi connectivity index (χ4v) is 3.34. The molecule has 0 radical (unpaired) electrons. The number of piperazine rings is 1. The van der Waals surface area contributed by atoms with Gasteiger partial charge in [0.2, 0.25) is 0 Å². The van der Waals surface area contributed by atoms with E-state index in [1.54, 1.807) is 0 Å². The van der Waals surface area contributed by atoms with Crippen LogP contribution in [0.5, 0.6) is 11.5 Å². The first-order valence-corrected chi connectivity index (χ1v) is 10.1. The summed E-state index contributed by atoms with van der Waals surface area (Å²) in [7, 11) is 0. The minimum absolute atomic E-state index is 0.267. The maximum atomic E-state index is 10.3. The predicted molar refractivity (Wildman–Crippen MR) is 112 cm³/mol. The first kappa shape index (κ1) is 21.1. The smallest absolute Gasteiger partial charge is 0.119 e. The monoisotopic (exact) mass is 395 g/mol. The summed E-state index contributed by atoms with van der Waals surface area (Å²) in [6.45, 7) is 6.31. The highest BCUT2D eigenvalue weighted by Crippen LogP contribution is 2.13. The highest BCUT2D eigenvalue weighted by molar-refractivity contribution is 5.28. The van der Waals surface area contributed by atoms with E-state index in [4.69, 9.17) is 14.7 Å². The van der Waals surface area contributed by atoms with Gasteiger partial charge in [-0.3, -0.25) is 9.80 Å². The average molecular weight is 396 g/mol. The maximum absolute atomic E-state index is 10.3.